The first-order valence-electron chi connectivity index (χ1n) is 3.63. The first-order valence-corrected chi connectivity index (χ1v) is 4.01. The molecule has 0 bridgehead atoms. The van der Waals surface area contributed by atoms with E-state index in [0.29, 0.717) is 5.02 Å². The highest BCUT2D eigenvalue weighted by Gasteiger charge is 1.88. The zero-order valence-electron chi connectivity index (χ0n) is 6.71. The van der Waals surface area contributed by atoms with Crippen LogP contribution in [-0.2, 0) is 0 Å². The van der Waals surface area contributed by atoms with Crippen LogP contribution >= 0.6 is 11.6 Å². The molecule has 12 heavy (non-hydrogen) atoms. The maximum atomic E-state index is 8.87. The highest BCUT2D eigenvalue weighted by Crippen LogP contribution is 2.08. The lowest BCUT2D eigenvalue weighted by molar-refractivity contribution is 0.253. The summed E-state index contributed by atoms with van der Waals surface area (Å²) in [7, 11) is 0. The topological polar surface area (TPSA) is 20.2 Å². The lowest BCUT2D eigenvalue weighted by Crippen LogP contribution is -1.92. The van der Waals surface area contributed by atoms with Gasteiger partial charge in [-0.2, -0.15) is 0 Å². The molecule has 1 aromatic carbocycles. The van der Waals surface area contributed by atoms with E-state index in [1.165, 1.54) is 0 Å². The smallest absolute Gasteiger partial charge is 0.112 e. The Balaban J connectivity index is 2.79. The van der Waals surface area contributed by atoms with Crippen LogP contribution in [-0.4, -0.2) is 11.2 Å². The molecule has 0 radical (unpaired) electrons. The van der Waals surface area contributed by atoms with Gasteiger partial charge in [0.05, 0.1) is 0 Å². The van der Waals surface area contributed by atoms with Crippen molar-refractivity contribution in [1.29, 1.82) is 0 Å². The lowest BCUT2D eigenvalue weighted by atomic mass is 10.2. The highest BCUT2D eigenvalue weighted by molar-refractivity contribution is 6.30. The summed E-state index contributed by atoms with van der Waals surface area (Å²) in [5.74, 6) is 5.46. The first-order chi connectivity index (χ1) is 5.68. The Labute approximate surface area is 77.0 Å². The van der Waals surface area contributed by atoms with Gasteiger partial charge in [-0.15, -0.1) is 0 Å². The molecule has 1 N–H and O–H groups in total. The first kappa shape index (κ1) is 9.12. The monoisotopic (exact) mass is 180 g/mol. The minimum Gasteiger partial charge on any atom is -0.381 e. The Morgan fingerprint density at radius 3 is 2.42 bits per heavy atom. The molecule has 2 heteroatoms. The van der Waals surface area contributed by atoms with Crippen LogP contribution in [0.4, 0.5) is 0 Å². The van der Waals surface area contributed by atoms with Gasteiger partial charge in [0, 0.05) is 10.6 Å². The summed E-state index contributed by atoms with van der Waals surface area (Å²) in [6.07, 6.45) is -0.583. The van der Waals surface area contributed by atoms with Crippen molar-refractivity contribution in [3.05, 3.63) is 34.9 Å². The molecular formula is C10H9ClO. The zero-order valence-corrected chi connectivity index (χ0v) is 7.47. The summed E-state index contributed by atoms with van der Waals surface area (Å²) in [5.41, 5.74) is 0.861. The minimum atomic E-state index is -0.583. The molecule has 1 rings (SSSR count). The summed E-state index contributed by atoms with van der Waals surface area (Å²) in [5, 5.41) is 9.56. The van der Waals surface area contributed by atoms with Crippen LogP contribution < -0.4 is 0 Å². The summed E-state index contributed by atoms with van der Waals surface area (Å²) in [4.78, 5) is 0. The average Bonchev–Trinajstić information content (AvgIpc) is 2.03. The van der Waals surface area contributed by atoms with Gasteiger partial charge in [-0.05, 0) is 31.2 Å². The van der Waals surface area contributed by atoms with E-state index in [1.54, 1.807) is 19.1 Å². The second-order valence-electron chi connectivity index (χ2n) is 2.45. The van der Waals surface area contributed by atoms with Crippen molar-refractivity contribution < 1.29 is 5.11 Å². The Bertz CT molecular complexity index is 303. The molecule has 0 saturated heterocycles. The lowest BCUT2D eigenvalue weighted by Gasteiger charge is -1.91. The van der Waals surface area contributed by atoms with Crippen molar-refractivity contribution in [2.24, 2.45) is 0 Å². The summed E-state index contributed by atoms with van der Waals surface area (Å²) in [6, 6.07) is 7.18. The standard InChI is InChI=1S/C10H9ClO/c1-8(12)2-3-9-4-6-10(11)7-5-9/h4-8,12H,1H3/t8-/m1/s1. The van der Waals surface area contributed by atoms with E-state index >= 15 is 0 Å². The maximum Gasteiger partial charge on any atom is 0.112 e. The molecule has 0 aliphatic carbocycles. The molecule has 0 fully saturated rings. The van der Waals surface area contributed by atoms with Crippen molar-refractivity contribution >= 4 is 11.6 Å². The largest absolute Gasteiger partial charge is 0.381 e. The van der Waals surface area contributed by atoms with Gasteiger partial charge in [0.25, 0.3) is 0 Å². The van der Waals surface area contributed by atoms with E-state index in [9.17, 15) is 0 Å². The maximum absolute atomic E-state index is 8.87. The molecule has 0 saturated carbocycles. The van der Waals surface area contributed by atoms with Gasteiger partial charge in [-0.25, -0.2) is 0 Å². The molecule has 0 aliphatic rings. The number of hydrogen-bond acceptors (Lipinski definition) is 1. The number of aliphatic hydroxyl groups excluding tert-OH is 1. The van der Waals surface area contributed by atoms with Gasteiger partial charge in [-0.1, -0.05) is 23.4 Å². The van der Waals surface area contributed by atoms with Crippen molar-refractivity contribution in [3.8, 4) is 11.8 Å². The molecule has 0 heterocycles. The number of benzene rings is 1. The van der Waals surface area contributed by atoms with E-state index in [-0.39, 0.29) is 0 Å². The molecule has 62 valence electrons. The molecule has 1 nitrogen and oxygen atoms in total. The number of rotatable bonds is 0. The number of hydrogen-bond donors (Lipinski definition) is 1. The van der Waals surface area contributed by atoms with Gasteiger partial charge in [0.15, 0.2) is 0 Å². The zero-order chi connectivity index (χ0) is 8.97. The Morgan fingerprint density at radius 2 is 1.92 bits per heavy atom. The average molecular weight is 181 g/mol. The molecule has 1 aromatic rings. The minimum absolute atomic E-state index is 0.583. The summed E-state index contributed by atoms with van der Waals surface area (Å²) >= 11 is 5.68. The fraction of sp³-hybridized carbons (Fsp3) is 0.200. The van der Waals surface area contributed by atoms with Crippen molar-refractivity contribution in [2.75, 3.05) is 0 Å². The summed E-state index contributed by atoms with van der Waals surface area (Å²) < 4.78 is 0. The van der Waals surface area contributed by atoms with Crippen LogP contribution in [0.25, 0.3) is 0 Å². The molecular weight excluding hydrogens is 172 g/mol. The van der Waals surface area contributed by atoms with Crippen LogP contribution in [0, 0.1) is 11.8 Å². The van der Waals surface area contributed by atoms with Crippen LogP contribution in [0.5, 0.6) is 0 Å². The van der Waals surface area contributed by atoms with Gasteiger partial charge < -0.3 is 5.11 Å². The summed E-state index contributed by atoms with van der Waals surface area (Å²) in [6.45, 7) is 1.63. The molecule has 0 aromatic heterocycles. The normalized spacial score (nSPS) is 11.6. The molecule has 0 spiro atoms. The second kappa shape index (κ2) is 4.15. The van der Waals surface area contributed by atoms with Crippen molar-refractivity contribution in [2.45, 2.75) is 13.0 Å². The molecule has 1 atom stereocenters. The van der Waals surface area contributed by atoms with Crippen LogP contribution in [0.15, 0.2) is 24.3 Å². The second-order valence-corrected chi connectivity index (χ2v) is 2.89. The Morgan fingerprint density at radius 1 is 1.33 bits per heavy atom. The Kier molecular flexibility index (Phi) is 3.16. The fourth-order valence-electron chi connectivity index (χ4n) is 0.721. The van der Waals surface area contributed by atoms with E-state index in [0.717, 1.165) is 5.56 Å². The van der Waals surface area contributed by atoms with Gasteiger partial charge >= 0.3 is 0 Å². The third-order valence-corrected chi connectivity index (χ3v) is 1.52. The molecule has 0 unspecified atom stereocenters. The third kappa shape index (κ3) is 2.96. The van der Waals surface area contributed by atoms with Crippen LogP contribution in [0.3, 0.4) is 0 Å². The van der Waals surface area contributed by atoms with E-state index in [1.807, 2.05) is 12.1 Å². The van der Waals surface area contributed by atoms with Gasteiger partial charge in [0.1, 0.15) is 6.10 Å². The molecule has 0 aliphatic heterocycles. The van der Waals surface area contributed by atoms with Crippen LogP contribution in [0.2, 0.25) is 5.02 Å². The van der Waals surface area contributed by atoms with Gasteiger partial charge in [0.2, 0.25) is 0 Å². The predicted molar refractivity (Wildman–Crippen MR) is 50.0 cm³/mol. The van der Waals surface area contributed by atoms with E-state index < -0.39 is 6.10 Å². The number of aliphatic hydroxyl groups is 1. The third-order valence-electron chi connectivity index (χ3n) is 1.27. The Hall–Kier alpha value is -0.970. The quantitative estimate of drug-likeness (QED) is 0.606. The van der Waals surface area contributed by atoms with Crippen molar-refractivity contribution in [3.63, 3.8) is 0 Å². The number of halogens is 1. The predicted octanol–water partition coefficient (Wildman–Crippen LogP) is 2.07. The van der Waals surface area contributed by atoms with Crippen molar-refractivity contribution in [1.82, 2.24) is 0 Å². The fourth-order valence-corrected chi connectivity index (χ4v) is 0.847. The van der Waals surface area contributed by atoms with Crippen LogP contribution in [0.1, 0.15) is 12.5 Å². The SMILES string of the molecule is C[C@@H](O)C#Cc1ccc(Cl)cc1. The van der Waals surface area contributed by atoms with E-state index in [4.69, 9.17) is 16.7 Å². The van der Waals surface area contributed by atoms with Gasteiger partial charge in [-0.3, -0.25) is 0 Å². The molecule has 0 amide bonds. The highest BCUT2D eigenvalue weighted by atomic mass is 35.5. The van der Waals surface area contributed by atoms with E-state index in [2.05, 4.69) is 11.8 Å².